The molecule has 0 heterocycles. The predicted octanol–water partition coefficient (Wildman–Crippen LogP) is 1.76. The summed E-state index contributed by atoms with van der Waals surface area (Å²) >= 11 is 0. The third-order valence-electron chi connectivity index (χ3n) is 2.93. The van der Waals surface area contributed by atoms with Gasteiger partial charge in [-0.05, 0) is 22.4 Å². The molecule has 4 nitrogen and oxygen atoms in total. The molecule has 19 heavy (non-hydrogen) atoms. The van der Waals surface area contributed by atoms with Gasteiger partial charge in [-0.2, -0.15) is 0 Å². The third-order valence-corrected chi connectivity index (χ3v) is 2.93. The van der Waals surface area contributed by atoms with Gasteiger partial charge in [0.25, 0.3) is 0 Å². The summed E-state index contributed by atoms with van der Waals surface area (Å²) in [6.45, 7) is 0.890. The van der Waals surface area contributed by atoms with Crippen molar-refractivity contribution in [3.8, 4) is 0 Å². The van der Waals surface area contributed by atoms with Crippen LogP contribution in [-0.2, 0) is 11.3 Å². The quantitative estimate of drug-likeness (QED) is 0.739. The number of hydrogen-bond acceptors (Lipinski definition) is 3. The number of rotatable bonds is 6. The molecule has 0 spiro atoms. The van der Waals surface area contributed by atoms with Crippen molar-refractivity contribution < 1.29 is 15.0 Å². The van der Waals surface area contributed by atoms with Gasteiger partial charge in [0.15, 0.2) is 0 Å². The van der Waals surface area contributed by atoms with E-state index < -0.39 is 12.1 Å². The first-order valence-electron chi connectivity index (χ1n) is 6.23. The minimum Gasteiger partial charge on any atom is -0.481 e. The van der Waals surface area contributed by atoms with Gasteiger partial charge in [-0.1, -0.05) is 36.4 Å². The van der Waals surface area contributed by atoms with Crippen LogP contribution in [-0.4, -0.2) is 28.8 Å². The normalized spacial score (nSPS) is 12.5. The fourth-order valence-corrected chi connectivity index (χ4v) is 2.01. The highest BCUT2D eigenvalue weighted by molar-refractivity contribution is 5.82. The lowest BCUT2D eigenvalue weighted by Crippen LogP contribution is -2.28. The Kier molecular flexibility index (Phi) is 4.49. The van der Waals surface area contributed by atoms with Gasteiger partial charge in [-0.25, -0.2) is 0 Å². The van der Waals surface area contributed by atoms with Crippen LogP contribution in [0.2, 0.25) is 0 Å². The molecule has 3 N–H and O–H groups in total. The van der Waals surface area contributed by atoms with E-state index >= 15 is 0 Å². The van der Waals surface area contributed by atoms with Gasteiger partial charge in [-0.3, -0.25) is 4.79 Å². The van der Waals surface area contributed by atoms with Crippen LogP contribution in [0.25, 0.3) is 10.8 Å². The van der Waals surface area contributed by atoms with Crippen molar-refractivity contribution in [3.63, 3.8) is 0 Å². The van der Waals surface area contributed by atoms with E-state index in [2.05, 4.69) is 29.6 Å². The van der Waals surface area contributed by atoms with Gasteiger partial charge in [0.2, 0.25) is 0 Å². The summed E-state index contributed by atoms with van der Waals surface area (Å²) in [5.41, 5.74) is 1.11. The Hall–Kier alpha value is -1.91. The van der Waals surface area contributed by atoms with Crippen molar-refractivity contribution >= 4 is 16.7 Å². The largest absolute Gasteiger partial charge is 0.481 e. The summed E-state index contributed by atoms with van der Waals surface area (Å²) < 4.78 is 0. The molecule has 0 amide bonds. The Labute approximate surface area is 111 Å². The average molecular weight is 259 g/mol. The zero-order chi connectivity index (χ0) is 13.7. The molecule has 0 aliphatic rings. The number of carboxylic acids is 1. The Morgan fingerprint density at radius 3 is 2.63 bits per heavy atom. The Balaban J connectivity index is 1.89. The molecule has 0 bridgehead atoms. The number of fused-ring (bicyclic) bond motifs is 1. The van der Waals surface area contributed by atoms with Crippen LogP contribution in [0.1, 0.15) is 12.0 Å². The fourth-order valence-electron chi connectivity index (χ4n) is 2.01. The van der Waals surface area contributed by atoms with Crippen molar-refractivity contribution in [1.82, 2.24) is 5.32 Å². The molecular weight excluding hydrogens is 242 g/mol. The van der Waals surface area contributed by atoms with Gasteiger partial charge >= 0.3 is 5.97 Å². The lowest BCUT2D eigenvalue weighted by atomic mass is 10.1. The summed E-state index contributed by atoms with van der Waals surface area (Å²) in [4.78, 5) is 10.4. The number of aliphatic hydroxyl groups is 1. The zero-order valence-corrected chi connectivity index (χ0v) is 10.5. The van der Waals surface area contributed by atoms with E-state index in [-0.39, 0.29) is 13.0 Å². The Bertz CT molecular complexity index is 568. The topological polar surface area (TPSA) is 69.6 Å². The number of benzene rings is 2. The molecule has 100 valence electrons. The van der Waals surface area contributed by atoms with E-state index in [0.717, 1.165) is 5.56 Å². The summed E-state index contributed by atoms with van der Waals surface area (Å²) in [6, 6.07) is 14.3. The van der Waals surface area contributed by atoms with E-state index in [1.807, 2.05) is 18.2 Å². The molecule has 0 aliphatic carbocycles. The van der Waals surface area contributed by atoms with Crippen LogP contribution in [0.3, 0.4) is 0 Å². The van der Waals surface area contributed by atoms with Gasteiger partial charge in [0, 0.05) is 13.1 Å². The summed E-state index contributed by atoms with van der Waals surface area (Å²) in [7, 11) is 0. The number of aliphatic hydroxyl groups excluding tert-OH is 1. The van der Waals surface area contributed by atoms with Gasteiger partial charge < -0.3 is 15.5 Å². The molecule has 2 rings (SSSR count). The van der Waals surface area contributed by atoms with Crippen molar-refractivity contribution in [1.29, 1.82) is 0 Å². The monoisotopic (exact) mass is 259 g/mol. The van der Waals surface area contributed by atoms with E-state index in [1.54, 1.807) is 0 Å². The summed E-state index contributed by atoms with van der Waals surface area (Å²) in [5, 5.41) is 23.4. The maximum Gasteiger partial charge on any atom is 0.306 e. The van der Waals surface area contributed by atoms with Crippen LogP contribution < -0.4 is 5.32 Å². The zero-order valence-electron chi connectivity index (χ0n) is 10.5. The summed E-state index contributed by atoms with van der Waals surface area (Å²) in [6.07, 6.45) is -1.08. The number of carbonyl (C=O) groups is 1. The molecule has 0 aliphatic heterocycles. The van der Waals surface area contributed by atoms with Gasteiger partial charge in [0.05, 0.1) is 12.5 Å². The highest BCUT2D eigenvalue weighted by Gasteiger charge is 2.08. The first kappa shape index (κ1) is 13.5. The molecule has 4 heteroatoms. The number of aliphatic carboxylic acids is 1. The van der Waals surface area contributed by atoms with Crippen LogP contribution >= 0.6 is 0 Å². The van der Waals surface area contributed by atoms with E-state index in [9.17, 15) is 9.90 Å². The van der Waals surface area contributed by atoms with E-state index in [1.165, 1.54) is 10.8 Å². The number of carboxylic acid groups (broad SMARTS) is 1. The molecule has 0 saturated carbocycles. The van der Waals surface area contributed by atoms with E-state index in [0.29, 0.717) is 6.54 Å². The third kappa shape index (κ3) is 4.05. The Morgan fingerprint density at radius 1 is 1.16 bits per heavy atom. The second-order valence-corrected chi connectivity index (χ2v) is 4.56. The van der Waals surface area contributed by atoms with Crippen molar-refractivity contribution in [2.75, 3.05) is 6.54 Å². The van der Waals surface area contributed by atoms with Crippen LogP contribution in [0.5, 0.6) is 0 Å². The van der Waals surface area contributed by atoms with Crippen LogP contribution in [0.4, 0.5) is 0 Å². The minimum absolute atomic E-state index is 0.231. The van der Waals surface area contributed by atoms with Crippen molar-refractivity contribution in [2.24, 2.45) is 0 Å². The van der Waals surface area contributed by atoms with Gasteiger partial charge in [-0.15, -0.1) is 0 Å². The maximum atomic E-state index is 10.4. The standard InChI is InChI=1S/C15H17NO3/c17-14(8-15(18)19)10-16-9-11-5-6-12-3-1-2-4-13(12)7-11/h1-7,14,16-17H,8-10H2,(H,18,19). The maximum absolute atomic E-state index is 10.4. The second-order valence-electron chi connectivity index (χ2n) is 4.56. The second kappa shape index (κ2) is 6.31. The molecule has 0 saturated heterocycles. The Morgan fingerprint density at radius 2 is 1.89 bits per heavy atom. The van der Waals surface area contributed by atoms with Crippen molar-refractivity contribution in [3.05, 3.63) is 48.0 Å². The molecule has 1 unspecified atom stereocenters. The van der Waals surface area contributed by atoms with Crippen LogP contribution in [0.15, 0.2) is 42.5 Å². The fraction of sp³-hybridized carbons (Fsp3) is 0.267. The molecule has 0 radical (unpaired) electrons. The number of hydrogen-bond donors (Lipinski definition) is 3. The van der Waals surface area contributed by atoms with E-state index in [4.69, 9.17) is 5.11 Å². The smallest absolute Gasteiger partial charge is 0.306 e. The number of nitrogens with one attached hydrogen (secondary N) is 1. The average Bonchev–Trinajstić information content (AvgIpc) is 2.37. The molecule has 0 aromatic heterocycles. The first-order valence-corrected chi connectivity index (χ1v) is 6.23. The molecule has 0 fully saturated rings. The predicted molar refractivity (Wildman–Crippen MR) is 73.9 cm³/mol. The SMILES string of the molecule is O=C(O)CC(O)CNCc1ccc2ccccc2c1. The first-order chi connectivity index (χ1) is 9.15. The lowest BCUT2D eigenvalue weighted by molar-refractivity contribution is -0.139. The summed E-state index contributed by atoms with van der Waals surface area (Å²) in [5.74, 6) is -0.986. The molecule has 1 atom stereocenters. The lowest BCUT2D eigenvalue weighted by Gasteiger charge is -2.10. The molecular formula is C15H17NO3. The van der Waals surface area contributed by atoms with Crippen LogP contribution in [0, 0.1) is 0 Å². The molecule has 2 aromatic carbocycles. The van der Waals surface area contributed by atoms with Crippen molar-refractivity contribution in [2.45, 2.75) is 19.1 Å². The molecule has 2 aromatic rings. The highest BCUT2D eigenvalue weighted by Crippen LogP contribution is 2.15. The minimum atomic E-state index is -0.986. The van der Waals surface area contributed by atoms with Gasteiger partial charge in [0.1, 0.15) is 0 Å². The highest BCUT2D eigenvalue weighted by atomic mass is 16.4.